The third-order valence-corrected chi connectivity index (χ3v) is 2.44. The highest BCUT2D eigenvalue weighted by Gasteiger charge is 2.29. The van der Waals surface area contributed by atoms with E-state index < -0.39 is 18.6 Å². The molecule has 0 aliphatic rings. The van der Waals surface area contributed by atoms with Gasteiger partial charge in [-0.25, -0.2) is 4.39 Å². The Bertz CT molecular complexity index is 478. The Labute approximate surface area is 119 Å². The molecule has 118 valence electrons. The van der Waals surface area contributed by atoms with Crippen LogP contribution in [0.15, 0.2) is 18.2 Å². The van der Waals surface area contributed by atoms with Crippen molar-refractivity contribution in [1.82, 2.24) is 5.32 Å². The second-order valence-corrected chi connectivity index (χ2v) is 4.30. The molecule has 0 fully saturated rings. The van der Waals surface area contributed by atoms with E-state index in [-0.39, 0.29) is 23.8 Å². The quantitative estimate of drug-likeness (QED) is 0.601. The number of carbonyl (C=O) groups is 1. The predicted molar refractivity (Wildman–Crippen MR) is 69.7 cm³/mol. The van der Waals surface area contributed by atoms with Crippen LogP contribution in [0.2, 0.25) is 0 Å². The molecule has 0 aliphatic carbocycles. The lowest BCUT2D eigenvalue weighted by Crippen LogP contribution is -2.20. The first-order valence-electron chi connectivity index (χ1n) is 6.25. The maximum absolute atomic E-state index is 13.1. The molecule has 0 atom stereocenters. The Balaban J connectivity index is 2.70. The summed E-state index contributed by atoms with van der Waals surface area (Å²) in [5.74, 6) is -1.48. The molecule has 21 heavy (non-hydrogen) atoms. The zero-order valence-electron chi connectivity index (χ0n) is 11.4. The third kappa shape index (κ3) is 6.94. The van der Waals surface area contributed by atoms with Crippen LogP contribution >= 0.6 is 0 Å². The number of carbonyl (C=O) groups excluding carboxylic acids is 1. The first-order valence-corrected chi connectivity index (χ1v) is 6.25. The van der Waals surface area contributed by atoms with Gasteiger partial charge in [0.05, 0.1) is 5.69 Å². The zero-order valence-corrected chi connectivity index (χ0v) is 11.4. The molecule has 0 radical (unpaired) electrons. The smallest absolute Gasteiger partial charge is 0.422 e. The molecule has 4 nitrogen and oxygen atoms in total. The molecule has 0 spiro atoms. The summed E-state index contributed by atoms with van der Waals surface area (Å²) >= 11 is 0. The van der Waals surface area contributed by atoms with Crippen molar-refractivity contribution in [3.05, 3.63) is 24.0 Å². The highest BCUT2D eigenvalue weighted by Crippen LogP contribution is 2.27. The monoisotopic (exact) mass is 308 g/mol. The molecular weight excluding hydrogens is 292 g/mol. The van der Waals surface area contributed by atoms with Crippen LogP contribution in [0, 0.1) is 5.82 Å². The Kier molecular flexibility index (Phi) is 6.41. The van der Waals surface area contributed by atoms with Gasteiger partial charge in [0.25, 0.3) is 0 Å². The molecule has 1 amide bonds. The van der Waals surface area contributed by atoms with E-state index in [1.807, 2.05) is 0 Å². The predicted octanol–water partition coefficient (Wildman–Crippen LogP) is 2.70. The van der Waals surface area contributed by atoms with Crippen molar-refractivity contribution < 1.29 is 27.1 Å². The second-order valence-electron chi connectivity index (χ2n) is 4.30. The molecule has 0 aromatic heterocycles. The van der Waals surface area contributed by atoms with Crippen LogP contribution in [-0.4, -0.2) is 32.3 Å². The maximum atomic E-state index is 13.1. The molecule has 0 saturated heterocycles. The summed E-state index contributed by atoms with van der Waals surface area (Å²) in [7, 11) is 1.74. The minimum Gasteiger partial charge on any atom is -0.482 e. The Morgan fingerprint density at radius 2 is 2.05 bits per heavy atom. The van der Waals surface area contributed by atoms with Crippen LogP contribution in [0.3, 0.4) is 0 Å². The number of halogens is 4. The van der Waals surface area contributed by atoms with Gasteiger partial charge < -0.3 is 15.4 Å². The molecule has 1 aromatic carbocycles. The number of anilines is 1. The van der Waals surface area contributed by atoms with E-state index in [2.05, 4.69) is 15.4 Å². The highest BCUT2D eigenvalue weighted by atomic mass is 19.4. The molecule has 2 N–H and O–H groups in total. The number of hydrogen-bond acceptors (Lipinski definition) is 3. The maximum Gasteiger partial charge on any atom is 0.422 e. The van der Waals surface area contributed by atoms with E-state index in [0.717, 1.165) is 18.2 Å². The lowest BCUT2D eigenvalue weighted by atomic mass is 10.2. The Hall–Kier alpha value is -1.83. The Morgan fingerprint density at radius 3 is 2.67 bits per heavy atom. The summed E-state index contributed by atoms with van der Waals surface area (Å²) in [6, 6.07) is 3.00. The van der Waals surface area contributed by atoms with Crippen molar-refractivity contribution in [2.75, 3.05) is 25.5 Å². The van der Waals surface area contributed by atoms with E-state index in [0.29, 0.717) is 13.0 Å². The average molecular weight is 308 g/mol. The van der Waals surface area contributed by atoms with Crippen molar-refractivity contribution >= 4 is 11.6 Å². The van der Waals surface area contributed by atoms with Crippen LogP contribution in [0.5, 0.6) is 5.75 Å². The van der Waals surface area contributed by atoms with E-state index >= 15 is 0 Å². The molecule has 1 aromatic rings. The van der Waals surface area contributed by atoms with E-state index in [1.165, 1.54) is 0 Å². The van der Waals surface area contributed by atoms with E-state index in [9.17, 15) is 22.4 Å². The molecule has 0 bridgehead atoms. The van der Waals surface area contributed by atoms with E-state index in [4.69, 9.17) is 0 Å². The first kappa shape index (κ1) is 17.2. The lowest BCUT2D eigenvalue weighted by Gasteiger charge is -2.14. The zero-order chi connectivity index (χ0) is 15.9. The van der Waals surface area contributed by atoms with Crippen LogP contribution in [0.4, 0.5) is 23.2 Å². The van der Waals surface area contributed by atoms with Gasteiger partial charge in [-0.2, -0.15) is 13.2 Å². The largest absolute Gasteiger partial charge is 0.482 e. The number of benzene rings is 1. The lowest BCUT2D eigenvalue weighted by molar-refractivity contribution is -0.153. The van der Waals surface area contributed by atoms with Gasteiger partial charge in [-0.15, -0.1) is 0 Å². The van der Waals surface area contributed by atoms with Gasteiger partial charge >= 0.3 is 6.18 Å². The molecule has 0 aliphatic heterocycles. The SMILES string of the molecule is CNCCCC(=O)Nc1ccc(F)cc1OCC(F)(F)F. The van der Waals surface area contributed by atoms with Gasteiger partial charge in [0, 0.05) is 12.5 Å². The summed E-state index contributed by atoms with van der Waals surface area (Å²) in [5.41, 5.74) is 0.00936. The van der Waals surface area contributed by atoms with Crippen molar-refractivity contribution in [2.24, 2.45) is 0 Å². The molecule has 8 heteroatoms. The molecule has 0 saturated carbocycles. The summed E-state index contributed by atoms with van der Waals surface area (Å²) in [4.78, 5) is 11.6. The number of alkyl halides is 3. The number of ether oxygens (including phenoxy) is 1. The van der Waals surface area contributed by atoms with Crippen molar-refractivity contribution in [1.29, 1.82) is 0 Å². The van der Waals surface area contributed by atoms with Crippen molar-refractivity contribution in [2.45, 2.75) is 19.0 Å². The van der Waals surface area contributed by atoms with Gasteiger partial charge in [-0.05, 0) is 32.1 Å². The van der Waals surface area contributed by atoms with Gasteiger partial charge in [-0.1, -0.05) is 0 Å². The average Bonchev–Trinajstić information content (AvgIpc) is 2.38. The van der Waals surface area contributed by atoms with Gasteiger partial charge in [0.2, 0.25) is 5.91 Å². The van der Waals surface area contributed by atoms with Crippen LogP contribution in [0.1, 0.15) is 12.8 Å². The van der Waals surface area contributed by atoms with Gasteiger partial charge in [0.15, 0.2) is 6.61 Å². The summed E-state index contributed by atoms with van der Waals surface area (Å²) < 4.78 is 54.0. The highest BCUT2D eigenvalue weighted by molar-refractivity contribution is 5.92. The summed E-state index contributed by atoms with van der Waals surface area (Å²) in [5, 5.41) is 5.27. The van der Waals surface area contributed by atoms with Crippen LogP contribution in [0.25, 0.3) is 0 Å². The standard InChI is InChI=1S/C13H16F4N2O2/c1-18-6-2-3-12(20)19-10-5-4-9(14)7-11(10)21-8-13(15,16)17/h4-5,7,18H,2-3,6,8H2,1H3,(H,19,20). The normalized spacial score (nSPS) is 11.3. The summed E-state index contributed by atoms with van der Waals surface area (Å²) in [6.45, 7) is -0.923. The third-order valence-electron chi connectivity index (χ3n) is 2.44. The Morgan fingerprint density at radius 1 is 1.33 bits per heavy atom. The minimum atomic E-state index is -4.54. The van der Waals surface area contributed by atoms with Crippen molar-refractivity contribution in [3.63, 3.8) is 0 Å². The van der Waals surface area contributed by atoms with Gasteiger partial charge in [0.1, 0.15) is 11.6 Å². The number of hydrogen-bond donors (Lipinski definition) is 2. The molecule has 0 heterocycles. The topological polar surface area (TPSA) is 50.4 Å². The number of nitrogens with one attached hydrogen (secondary N) is 2. The van der Waals surface area contributed by atoms with Crippen molar-refractivity contribution in [3.8, 4) is 5.75 Å². The van der Waals surface area contributed by atoms with Crippen LogP contribution < -0.4 is 15.4 Å². The molecular formula is C13H16F4N2O2. The van der Waals surface area contributed by atoms with Gasteiger partial charge in [-0.3, -0.25) is 4.79 Å². The first-order chi connectivity index (χ1) is 9.81. The fourth-order valence-corrected chi connectivity index (χ4v) is 1.52. The second kappa shape index (κ2) is 7.82. The van der Waals surface area contributed by atoms with E-state index in [1.54, 1.807) is 7.05 Å². The molecule has 1 rings (SSSR count). The summed E-state index contributed by atoms with van der Waals surface area (Å²) in [6.07, 6.45) is -3.78. The fraction of sp³-hybridized carbons (Fsp3) is 0.462. The molecule has 0 unspecified atom stereocenters. The minimum absolute atomic E-state index is 0.00936. The fourth-order valence-electron chi connectivity index (χ4n) is 1.52. The number of rotatable bonds is 7. The van der Waals surface area contributed by atoms with Crippen LogP contribution in [-0.2, 0) is 4.79 Å². The number of amides is 1.